The SMILES string of the molecule is CC[C@H](NC(=O)C1CN(c2ncnn3cc(-c4cnn(C[C@@H](O)C(F)(F)F)c4)cc23)C1)c1ccc(Cl)cc1. The first kappa shape index (κ1) is 26.0. The van der Waals surface area contributed by atoms with Crippen molar-refractivity contribution in [1.29, 1.82) is 0 Å². The molecule has 0 aliphatic carbocycles. The molecule has 38 heavy (non-hydrogen) atoms. The summed E-state index contributed by atoms with van der Waals surface area (Å²) in [6, 6.07) is 9.14. The number of carbonyl (C=O) groups is 1. The van der Waals surface area contributed by atoms with Crippen molar-refractivity contribution in [1.82, 2.24) is 29.7 Å². The van der Waals surface area contributed by atoms with Crippen molar-refractivity contribution in [2.24, 2.45) is 5.92 Å². The maximum absolute atomic E-state index is 12.9. The fourth-order valence-electron chi connectivity index (χ4n) is 4.43. The average Bonchev–Trinajstić information content (AvgIpc) is 3.49. The zero-order chi connectivity index (χ0) is 27.0. The summed E-state index contributed by atoms with van der Waals surface area (Å²) in [4.78, 5) is 19.3. The van der Waals surface area contributed by atoms with Gasteiger partial charge in [-0.05, 0) is 30.2 Å². The number of alkyl halides is 3. The summed E-state index contributed by atoms with van der Waals surface area (Å²) in [5.41, 5.74) is 2.94. The van der Waals surface area contributed by atoms with Gasteiger partial charge in [0.1, 0.15) is 11.8 Å². The minimum absolute atomic E-state index is 0.0299. The number of aliphatic hydroxyl groups excluding tert-OH is 1. The summed E-state index contributed by atoms with van der Waals surface area (Å²) in [6.07, 6.45) is -0.474. The number of rotatable bonds is 8. The van der Waals surface area contributed by atoms with E-state index in [-0.39, 0.29) is 17.9 Å². The Kier molecular flexibility index (Phi) is 7.01. The second kappa shape index (κ2) is 10.3. The van der Waals surface area contributed by atoms with E-state index in [1.54, 1.807) is 22.8 Å². The van der Waals surface area contributed by atoms with E-state index in [9.17, 15) is 23.1 Å². The molecule has 200 valence electrons. The Morgan fingerprint density at radius 1 is 1.18 bits per heavy atom. The van der Waals surface area contributed by atoms with Crippen LogP contribution in [-0.2, 0) is 11.3 Å². The third-order valence-corrected chi connectivity index (χ3v) is 6.89. The molecular weight excluding hydrogens is 523 g/mol. The Morgan fingerprint density at radius 3 is 2.61 bits per heavy atom. The number of aromatic nitrogens is 5. The summed E-state index contributed by atoms with van der Waals surface area (Å²) < 4.78 is 40.7. The number of anilines is 1. The van der Waals surface area contributed by atoms with E-state index in [2.05, 4.69) is 20.5 Å². The lowest BCUT2D eigenvalue weighted by molar-refractivity contribution is -0.208. The van der Waals surface area contributed by atoms with Crippen molar-refractivity contribution in [3.8, 4) is 11.1 Å². The monoisotopic (exact) mass is 547 g/mol. The third-order valence-electron chi connectivity index (χ3n) is 6.64. The maximum Gasteiger partial charge on any atom is 0.416 e. The number of carbonyl (C=O) groups excluding carboxylic acids is 1. The van der Waals surface area contributed by atoms with Crippen LogP contribution in [-0.4, -0.2) is 60.8 Å². The molecule has 1 aliphatic rings. The lowest BCUT2D eigenvalue weighted by Crippen LogP contribution is -2.54. The number of aliphatic hydroxyl groups is 1. The average molecular weight is 548 g/mol. The van der Waals surface area contributed by atoms with Crippen LogP contribution in [0.25, 0.3) is 16.6 Å². The topological polar surface area (TPSA) is 101 Å². The molecule has 9 nitrogen and oxygen atoms in total. The number of benzene rings is 1. The highest BCUT2D eigenvalue weighted by atomic mass is 35.5. The summed E-state index contributed by atoms with van der Waals surface area (Å²) in [6.45, 7) is 2.29. The molecule has 1 amide bonds. The first-order valence-corrected chi connectivity index (χ1v) is 12.4. The smallest absolute Gasteiger partial charge is 0.382 e. The van der Waals surface area contributed by atoms with Crippen molar-refractivity contribution in [2.45, 2.75) is 38.2 Å². The minimum atomic E-state index is -4.72. The van der Waals surface area contributed by atoms with Crippen molar-refractivity contribution in [3.63, 3.8) is 0 Å². The molecular formula is C25H25ClF3N7O2. The van der Waals surface area contributed by atoms with E-state index in [1.165, 1.54) is 18.7 Å². The zero-order valence-corrected chi connectivity index (χ0v) is 21.1. The third kappa shape index (κ3) is 5.32. The molecule has 13 heteroatoms. The van der Waals surface area contributed by atoms with Gasteiger partial charge in [0.05, 0.1) is 24.7 Å². The molecule has 1 aliphatic heterocycles. The van der Waals surface area contributed by atoms with Crippen LogP contribution in [0.1, 0.15) is 24.9 Å². The minimum Gasteiger partial charge on any atom is -0.382 e. The molecule has 0 unspecified atom stereocenters. The van der Waals surface area contributed by atoms with Gasteiger partial charge in [-0.3, -0.25) is 9.48 Å². The van der Waals surface area contributed by atoms with Gasteiger partial charge >= 0.3 is 6.18 Å². The molecule has 0 radical (unpaired) electrons. The molecule has 1 saturated heterocycles. The Morgan fingerprint density at radius 2 is 1.92 bits per heavy atom. The number of fused-ring (bicyclic) bond motifs is 1. The van der Waals surface area contributed by atoms with Crippen LogP contribution in [0.4, 0.5) is 19.0 Å². The van der Waals surface area contributed by atoms with Crippen molar-refractivity contribution >= 4 is 28.8 Å². The van der Waals surface area contributed by atoms with Gasteiger partial charge < -0.3 is 15.3 Å². The van der Waals surface area contributed by atoms with Gasteiger partial charge in [0.2, 0.25) is 5.91 Å². The first-order valence-electron chi connectivity index (χ1n) is 12.0. The molecule has 2 atom stereocenters. The molecule has 3 aromatic heterocycles. The molecule has 4 heterocycles. The second-order valence-corrected chi connectivity index (χ2v) is 9.71. The number of amides is 1. The van der Waals surface area contributed by atoms with Gasteiger partial charge in [-0.1, -0.05) is 30.7 Å². The van der Waals surface area contributed by atoms with Crippen LogP contribution in [0, 0.1) is 5.92 Å². The van der Waals surface area contributed by atoms with E-state index in [4.69, 9.17) is 11.6 Å². The van der Waals surface area contributed by atoms with E-state index in [1.807, 2.05) is 30.0 Å². The molecule has 0 bridgehead atoms. The first-order chi connectivity index (χ1) is 18.1. The Balaban J connectivity index is 1.26. The summed E-state index contributed by atoms with van der Waals surface area (Å²) >= 11 is 5.98. The molecule has 1 fully saturated rings. The molecule has 1 aromatic carbocycles. The molecule has 5 rings (SSSR count). The van der Waals surface area contributed by atoms with Crippen molar-refractivity contribution in [3.05, 3.63) is 65.8 Å². The molecule has 4 aromatic rings. The number of halogens is 4. The van der Waals surface area contributed by atoms with Gasteiger partial charge in [0.15, 0.2) is 11.9 Å². The van der Waals surface area contributed by atoms with Gasteiger partial charge in [0.25, 0.3) is 0 Å². The largest absolute Gasteiger partial charge is 0.416 e. The molecule has 0 saturated carbocycles. The van der Waals surface area contributed by atoms with E-state index >= 15 is 0 Å². The Labute approximate surface area is 220 Å². The van der Waals surface area contributed by atoms with Gasteiger partial charge in [-0.2, -0.15) is 23.4 Å². The second-order valence-electron chi connectivity index (χ2n) is 9.27. The van der Waals surface area contributed by atoms with E-state index < -0.39 is 18.8 Å². The van der Waals surface area contributed by atoms with Gasteiger partial charge in [-0.25, -0.2) is 9.50 Å². The summed E-state index contributed by atoms with van der Waals surface area (Å²) in [5, 5.41) is 21.2. The standard InChI is InChI=1S/C25H25ClF3N7O2/c1-2-20(15-3-5-19(26)6-4-15)33-24(38)18-9-34(10-18)23-21-7-16(12-36(21)32-14-30-23)17-8-31-35(11-17)13-22(37)25(27,28)29/h3-8,11-12,14,18,20,22,37H,2,9-10,13H2,1H3,(H,33,38)/t20-,22+/m0/s1. The maximum atomic E-state index is 12.9. The highest BCUT2D eigenvalue weighted by molar-refractivity contribution is 6.30. The van der Waals surface area contributed by atoms with Crippen molar-refractivity contribution < 1.29 is 23.1 Å². The number of hydrogen-bond acceptors (Lipinski definition) is 6. The van der Waals surface area contributed by atoms with Crippen LogP contribution in [0.5, 0.6) is 0 Å². The fraction of sp³-hybridized carbons (Fsp3) is 0.360. The van der Waals surface area contributed by atoms with E-state index in [0.717, 1.165) is 16.7 Å². The van der Waals surface area contributed by atoms with Crippen LogP contribution < -0.4 is 10.2 Å². The molecule has 2 N–H and O–H groups in total. The quantitative estimate of drug-likeness (QED) is 0.347. The fourth-order valence-corrected chi connectivity index (χ4v) is 4.56. The number of nitrogens with zero attached hydrogens (tertiary/aromatic N) is 6. The summed E-state index contributed by atoms with van der Waals surface area (Å²) in [5.74, 6) is 0.427. The van der Waals surface area contributed by atoms with Crippen LogP contribution in [0.2, 0.25) is 5.02 Å². The number of nitrogens with one attached hydrogen (secondary N) is 1. The highest BCUT2D eigenvalue weighted by Gasteiger charge is 2.38. The normalized spacial score (nSPS) is 15.9. The lowest BCUT2D eigenvalue weighted by Gasteiger charge is -2.39. The number of hydrogen-bond donors (Lipinski definition) is 2. The Hall–Kier alpha value is -3.64. The summed E-state index contributed by atoms with van der Waals surface area (Å²) in [7, 11) is 0. The zero-order valence-electron chi connectivity index (χ0n) is 20.3. The Bertz CT molecular complexity index is 1430. The van der Waals surface area contributed by atoms with Crippen LogP contribution in [0.15, 0.2) is 55.2 Å². The van der Waals surface area contributed by atoms with Crippen LogP contribution in [0.3, 0.4) is 0 Å². The highest BCUT2D eigenvalue weighted by Crippen LogP contribution is 2.31. The predicted octanol–water partition coefficient (Wildman–Crippen LogP) is 3.87. The van der Waals surface area contributed by atoms with E-state index in [0.29, 0.717) is 40.6 Å². The van der Waals surface area contributed by atoms with Gasteiger partial charge in [0, 0.05) is 41.6 Å². The predicted molar refractivity (Wildman–Crippen MR) is 135 cm³/mol. The van der Waals surface area contributed by atoms with Gasteiger partial charge in [-0.15, -0.1) is 0 Å². The van der Waals surface area contributed by atoms with Crippen LogP contribution >= 0.6 is 11.6 Å². The van der Waals surface area contributed by atoms with Crippen molar-refractivity contribution in [2.75, 3.05) is 18.0 Å². The molecule has 0 spiro atoms. The lowest BCUT2D eigenvalue weighted by atomic mass is 9.97.